The highest BCUT2D eigenvalue weighted by Gasteiger charge is 2.17. The quantitative estimate of drug-likeness (QED) is 0.642. The summed E-state index contributed by atoms with van der Waals surface area (Å²) in [5.41, 5.74) is 16.6. The van der Waals surface area contributed by atoms with Gasteiger partial charge in [0.15, 0.2) is 0 Å². The molecule has 0 aromatic heterocycles. The highest BCUT2D eigenvalue weighted by molar-refractivity contribution is 5.77. The molecule has 0 amide bonds. The molecule has 0 unspecified atom stereocenters. The topological polar surface area (TPSA) is 26.0 Å². The van der Waals surface area contributed by atoms with Gasteiger partial charge in [-0.25, -0.2) is 0 Å². The lowest BCUT2D eigenvalue weighted by atomic mass is 9.84. The van der Waals surface area contributed by atoms with Gasteiger partial charge in [0.2, 0.25) is 0 Å². The standard InChI is InChI=1S/C22H31N/c1-7-8-9-18-13-19(11-10-15(18)4)22-16(5)12-20(23)17(6)21(22)14(2)3/h10-14H,7-9,23H2,1-6H3. The van der Waals surface area contributed by atoms with Crippen molar-refractivity contribution in [2.45, 2.75) is 66.7 Å². The van der Waals surface area contributed by atoms with E-state index in [4.69, 9.17) is 5.73 Å². The Hall–Kier alpha value is -1.76. The summed E-state index contributed by atoms with van der Waals surface area (Å²) in [4.78, 5) is 0. The molecule has 2 aromatic carbocycles. The van der Waals surface area contributed by atoms with E-state index in [9.17, 15) is 0 Å². The molecule has 0 atom stereocenters. The first-order valence-electron chi connectivity index (χ1n) is 8.86. The lowest BCUT2D eigenvalue weighted by Crippen LogP contribution is -2.04. The second-order valence-electron chi connectivity index (χ2n) is 7.10. The first kappa shape index (κ1) is 17.6. The van der Waals surface area contributed by atoms with Crippen molar-refractivity contribution < 1.29 is 0 Å². The number of benzene rings is 2. The molecule has 23 heavy (non-hydrogen) atoms. The highest BCUT2D eigenvalue weighted by Crippen LogP contribution is 2.38. The van der Waals surface area contributed by atoms with Gasteiger partial charge in [-0.1, -0.05) is 45.4 Å². The largest absolute Gasteiger partial charge is 0.398 e. The zero-order valence-corrected chi connectivity index (χ0v) is 15.6. The summed E-state index contributed by atoms with van der Waals surface area (Å²) < 4.78 is 0. The zero-order valence-electron chi connectivity index (χ0n) is 15.6. The van der Waals surface area contributed by atoms with Gasteiger partial charge < -0.3 is 5.73 Å². The van der Waals surface area contributed by atoms with E-state index in [-0.39, 0.29) is 0 Å². The van der Waals surface area contributed by atoms with Crippen LogP contribution < -0.4 is 5.73 Å². The number of anilines is 1. The Bertz CT molecular complexity index is 696. The van der Waals surface area contributed by atoms with Gasteiger partial charge in [0, 0.05) is 5.69 Å². The van der Waals surface area contributed by atoms with E-state index < -0.39 is 0 Å². The normalized spacial score (nSPS) is 11.3. The van der Waals surface area contributed by atoms with E-state index in [1.165, 1.54) is 58.2 Å². The van der Waals surface area contributed by atoms with Gasteiger partial charge >= 0.3 is 0 Å². The second kappa shape index (κ2) is 7.21. The molecule has 0 radical (unpaired) electrons. The Morgan fingerprint density at radius 1 is 1.00 bits per heavy atom. The first-order valence-corrected chi connectivity index (χ1v) is 8.86. The minimum absolute atomic E-state index is 0.465. The van der Waals surface area contributed by atoms with Crippen LogP contribution in [0.3, 0.4) is 0 Å². The molecule has 0 heterocycles. The average Bonchev–Trinajstić information content (AvgIpc) is 2.49. The van der Waals surface area contributed by atoms with Crippen LogP contribution in [0.1, 0.15) is 67.3 Å². The van der Waals surface area contributed by atoms with Gasteiger partial charge in [-0.15, -0.1) is 0 Å². The molecule has 2 aromatic rings. The van der Waals surface area contributed by atoms with Crippen LogP contribution in [0.15, 0.2) is 24.3 Å². The van der Waals surface area contributed by atoms with Gasteiger partial charge in [0.1, 0.15) is 0 Å². The number of unbranched alkanes of at least 4 members (excludes halogenated alkanes) is 1. The van der Waals surface area contributed by atoms with E-state index in [2.05, 4.69) is 65.8 Å². The molecular formula is C22H31N. The maximum Gasteiger partial charge on any atom is 0.0349 e. The molecule has 0 saturated heterocycles. The van der Waals surface area contributed by atoms with Crippen LogP contribution in [0.4, 0.5) is 5.69 Å². The van der Waals surface area contributed by atoms with Crippen molar-refractivity contribution in [3.63, 3.8) is 0 Å². The molecule has 2 N–H and O–H groups in total. The molecule has 0 spiro atoms. The Balaban J connectivity index is 2.64. The molecule has 1 nitrogen and oxygen atoms in total. The summed E-state index contributed by atoms with van der Waals surface area (Å²) in [6.07, 6.45) is 3.65. The fraction of sp³-hybridized carbons (Fsp3) is 0.455. The third kappa shape index (κ3) is 3.60. The first-order chi connectivity index (χ1) is 10.9. The minimum atomic E-state index is 0.465. The van der Waals surface area contributed by atoms with E-state index in [1.807, 2.05) is 0 Å². The summed E-state index contributed by atoms with van der Waals surface area (Å²) in [5, 5.41) is 0. The van der Waals surface area contributed by atoms with Crippen LogP contribution in [0.25, 0.3) is 11.1 Å². The van der Waals surface area contributed by atoms with Gasteiger partial charge in [-0.2, -0.15) is 0 Å². The Morgan fingerprint density at radius 2 is 1.70 bits per heavy atom. The van der Waals surface area contributed by atoms with Crippen molar-refractivity contribution in [2.75, 3.05) is 5.73 Å². The molecule has 0 bridgehead atoms. The van der Waals surface area contributed by atoms with Gasteiger partial charge in [-0.3, -0.25) is 0 Å². The summed E-state index contributed by atoms with van der Waals surface area (Å²) in [6, 6.07) is 9.07. The number of hydrogen-bond acceptors (Lipinski definition) is 1. The molecular weight excluding hydrogens is 278 g/mol. The van der Waals surface area contributed by atoms with Crippen LogP contribution in [0.2, 0.25) is 0 Å². The van der Waals surface area contributed by atoms with Gasteiger partial charge in [-0.05, 0) is 84.5 Å². The van der Waals surface area contributed by atoms with Crippen LogP contribution >= 0.6 is 0 Å². The fourth-order valence-electron chi connectivity index (χ4n) is 3.54. The van der Waals surface area contributed by atoms with Crippen molar-refractivity contribution in [3.05, 3.63) is 52.1 Å². The van der Waals surface area contributed by atoms with Gasteiger partial charge in [0.05, 0.1) is 0 Å². The zero-order chi connectivity index (χ0) is 17.1. The van der Waals surface area contributed by atoms with E-state index in [0.29, 0.717) is 5.92 Å². The summed E-state index contributed by atoms with van der Waals surface area (Å²) in [5.74, 6) is 0.465. The number of rotatable bonds is 5. The summed E-state index contributed by atoms with van der Waals surface area (Å²) in [6.45, 7) is 13.3. The van der Waals surface area contributed by atoms with Crippen molar-refractivity contribution in [3.8, 4) is 11.1 Å². The fourth-order valence-corrected chi connectivity index (χ4v) is 3.54. The molecule has 0 aliphatic carbocycles. The van der Waals surface area contributed by atoms with Crippen molar-refractivity contribution in [1.82, 2.24) is 0 Å². The van der Waals surface area contributed by atoms with Crippen molar-refractivity contribution in [1.29, 1.82) is 0 Å². The maximum atomic E-state index is 6.23. The Labute approximate surface area is 141 Å². The van der Waals surface area contributed by atoms with Crippen LogP contribution in [0, 0.1) is 20.8 Å². The monoisotopic (exact) mass is 309 g/mol. The molecule has 0 fully saturated rings. The molecule has 1 heteroatoms. The third-order valence-electron chi connectivity index (χ3n) is 4.89. The smallest absolute Gasteiger partial charge is 0.0349 e. The van der Waals surface area contributed by atoms with E-state index >= 15 is 0 Å². The Morgan fingerprint density at radius 3 is 2.30 bits per heavy atom. The van der Waals surface area contributed by atoms with E-state index in [1.54, 1.807) is 0 Å². The highest BCUT2D eigenvalue weighted by atomic mass is 14.6. The average molecular weight is 309 g/mol. The number of aryl methyl sites for hydroxylation is 3. The lowest BCUT2D eigenvalue weighted by Gasteiger charge is -2.21. The number of hydrogen-bond donors (Lipinski definition) is 1. The van der Waals surface area contributed by atoms with Gasteiger partial charge in [0.25, 0.3) is 0 Å². The molecule has 0 aliphatic rings. The minimum Gasteiger partial charge on any atom is -0.398 e. The van der Waals surface area contributed by atoms with Crippen LogP contribution in [0.5, 0.6) is 0 Å². The molecule has 124 valence electrons. The summed E-state index contributed by atoms with van der Waals surface area (Å²) in [7, 11) is 0. The SMILES string of the molecule is CCCCc1cc(-c2c(C)cc(N)c(C)c2C(C)C)ccc1C. The lowest BCUT2D eigenvalue weighted by molar-refractivity contribution is 0.791. The van der Waals surface area contributed by atoms with Crippen molar-refractivity contribution >= 4 is 5.69 Å². The van der Waals surface area contributed by atoms with Crippen LogP contribution in [-0.2, 0) is 6.42 Å². The Kier molecular flexibility index (Phi) is 5.51. The number of nitrogen functional groups attached to an aromatic ring is 1. The second-order valence-corrected chi connectivity index (χ2v) is 7.10. The predicted octanol–water partition coefficient (Wildman–Crippen LogP) is 6.33. The third-order valence-corrected chi connectivity index (χ3v) is 4.89. The molecule has 2 rings (SSSR count). The molecule has 0 aliphatic heterocycles. The van der Waals surface area contributed by atoms with E-state index in [0.717, 1.165) is 5.69 Å². The van der Waals surface area contributed by atoms with Crippen molar-refractivity contribution in [2.24, 2.45) is 0 Å². The predicted molar refractivity (Wildman–Crippen MR) is 103 cm³/mol. The number of nitrogens with two attached hydrogens (primary N) is 1. The van der Waals surface area contributed by atoms with Crippen LogP contribution in [-0.4, -0.2) is 0 Å². The molecule has 0 saturated carbocycles. The maximum absolute atomic E-state index is 6.23. The summed E-state index contributed by atoms with van der Waals surface area (Å²) >= 11 is 0.